The second-order valence-corrected chi connectivity index (χ2v) is 5.44. The normalized spacial score (nSPS) is 10.6. The second kappa shape index (κ2) is 5.70. The highest BCUT2D eigenvalue weighted by atomic mass is 127. The molecule has 1 heterocycles. The van der Waals surface area contributed by atoms with Crippen molar-refractivity contribution in [2.45, 2.75) is 6.42 Å². The lowest BCUT2D eigenvalue weighted by molar-refractivity contribution is 0.0686. The average molecular weight is 388 g/mol. The van der Waals surface area contributed by atoms with E-state index in [0.717, 1.165) is 8.25 Å². The van der Waals surface area contributed by atoms with Gasteiger partial charge in [-0.25, -0.2) is 13.9 Å². The molecule has 0 aliphatic heterocycles. The van der Waals surface area contributed by atoms with Gasteiger partial charge >= 0.3 is 5.97 Å². The van der Waals surface area contributed by atoms with Crippen LogP contribution in [0.3, 0.4) is 0 Å². The molecule has 1 aromatic carbocycles. The van der Waals surface area contributed by atoms with Crippen LogP contribution in [-0.2, 0) is 13.5 Å². The summed E-state index contributed by atoms with van der Waals surface area (Å²) in [4.78, 5) is 22.7. The van der Waals surface area contributed by atoms with E-state index in [-0.39, 0.29) is 17.7 Å². The molecule has 1 aromatic heterocycles. The minimum atomic E-state index is -1.25. The van der Waals surface area contributed by atoms with Gasteiger partial charge in [-0.1, -0.05) is 6.07 Å². The Balaban J connectivity index is 2.50. The van der Waals surface area contributed by atoms with Crippen LogP contribution >= 0.6 is 22.6 Å². The Bertz CT molecular complexity index is 743. The minimum Gasteiger partial charge on any atom is -0.476 e. The molecule has 0 atom stereocenters. The van der Waals surface area contributed by atoms with Crippen molar-refractivity contribution in [2.75, 3.05) is 0 Å². The van der Waals surface area contributed by atoms with Crippen LogP contribution in [0.2, 0.25) is 0 Å². The van der Waals surface area contributed by atoms with Crippen LogP contribution in [-0.4, -0.2) is 20.9 Å². The van der Waals surface area contributed by atoms with Gasteiger partial charge in [0.2, 0.25) is 0 Å². The molecule has 7 heteroatoms. The summed E-state index contributed by atoms with van der Waals surface area (Å²) in [5.74, 6) is -1.68. The molecule has 0 radical (unpaired) electrons. The smallest absolute Gasteiger partial charge is 0.356 e. The molecular weight excluding hydrogens is 378 g/mol. The summed E-state index contributed by atoms with van der Waals surface area (Å²) < 4.78 is 15.5. The summed E-state index contributed by atoms with van der Waals surface area (Å²) in [7, 11) is 1.37. The van der Waals surface area contributed by atoms with Gasteiger partial charge in [0.25, 0.3) is 5.56 Å². The summed E-state index contributed by atoms with van der Waals surface area (Å²) in [5, 5.41) is 12.8. The van der Waals surface area contributed by atoms with Gasteiger partial charge in [0, 0.05) is 23.1 Å². The predicted octanol–water partition coefficient (Wildman–Crippen LogP) is 1.81. The zero-order valence-corrected chi connectivity index (χ0v) is 12.6. The van der Waals surface area contributed by atoms with E-state index in [2.05, 4.69) is 5.10 Å². The molecule has 104 valence electrons. The number of carboxylic acid groups (broad SMARTS) is 1. The molecule has 0 unspecified atom stereocenters. The third-order valence-corrected chi connectivity index (χ3v) is 3.44. The first-order valence-electron chi connectivity index (χ1n) is 5.63. The monoisotopic (exact) mass is 388 g/mol. The van der Waals surface area contributed by atoms with Crippen molar-refractivity contribution < 1.29 is 14.3 Å². The second-order valence-electron chi connectivity index (χ2n) is 4.20. The Morgan fingerprint density at radius 1 is 1.40 bits per heavy atom. The fourth-order valence-corrected chi connectivity index (χ4v) is 2.21. The van der Waals surface area contributed by atoms with E-state index in [1.54, 1.807) is 12.1 Å². The van der Waals surface area contributed by atoms with E-state index < -0.39 is 17.3 Å². The van der Waals surface area contributed by atoms with Crippen LogP contribution in [0.25, 0.3) is 0 Å². The topological polar surface area (TPSA) is 72.2 Å². The SMILES string of the molecule is Cn1nc(C(=O)O)c(Cc2ccc(I)cc2F)cc1=O. The maximum absolute atomic E-state index is 13.8. The highest BCUT2D eigenvalue weighted by Gasteiger charge is 2.16. The fourth-order valence-electron chi connectivity index (χ4n) is 1.76. The molecule has 0 saturated heterocycles. The number of rotatable bonds is 3. The standard InChI is InChI=1S/C13H10FIN2O3/c1-17-11(18)5-8(12(16-17)13(19)20)4-7-2-3-9(15)6-10(7)14/h2-3,5-6H,4H2,1H3,(H,19,20). The van der Waals surface area contributed by atoms with Crippen molar-refractivity contribution in [1.29, 1.82) is 0 Å². The lowest BCUT2D eigenvalue weighted by Crippen LogP contribution is -2.24. The van der Waals surface area contributed by atoms with Crippen LogP contribution in [0.15, 0.2) is 29.1 Å². The molecule has 2 aromatic rings. The number of carboxylic acids is 1. The van der Waals surface area contributed by atoms with Gasteiger partial charge in [0.1, 0.15) is 5.82 Å². The third kappa shape index (κ3) is 3.03. The number of aromatic nitrogens is 2. The van der Waals surface area contributed by atoms with Crippen LogP contribution < -0.4 is 5.56 Å². The zero-order valence-electron chi connectivity index (χ0n) is 10.4. The van der Waals surface area contributed by atoms with E-state index in [0.29, 0.717) is 5.56 Å². The van der Waals surface area contributed by atoms with Crippen LogP contribution in [0, 0.1) is 9.39 Å². The van der Waals surface area contributed by atoms with E-state index >= 15 is 0 Å². The molecule has 0 bridgehead atoms. The van der Waals surface area contributed by atoms with Gasteiger partial charge in [-0.05, 0) is 45.9 Å². The lowest BCUT2D eigenvalue weighted by atomic mass is 10.0. The van der Waals surface area contributed by atoms with Crippen molar-refractivity contribution in [2.24, 2.45) is 7.05 Å². The molecule has 0 spiro atoms. The number of nitrogens with zero attached hydrogens (tertiary/aromatic N) is 2. The summed E-state index contributed by atoms with van der Waals surface area (Å²) >= 11 is 1.98. The van der Waals surface area contributed by atoms with Crippen molar-refractivity contribution >= 4 is 28.6 Å². The minimum absolute atomic E-state index is 0.00741. The number of halogens is 2. The predicted molar refractivity (Wildman–Crippen MR) is 78.4 cm³/mol. The number of aryl methyl sites for hydroxylation is 1. The molecule has 0 aliphatic rings. The lowest BCUT2D eigenvalue weighted by Gasteiger charge is -2.08. The summed E-state index contributed by atoms with van der Waals surface area (Å²) in [6.45, 7) is 0. The van der Waals surface area contributed by atoms with Gasteiger partial charge < -0.3 is 5.11 Å². The fraction of sp³-hybridized carbons (Fsp3) is 0.154. The van der Waals surface area contributed by atoms with Crippen molar-refractivity contribution in [3.8, 4) is 0 Å². The summed E-state index contributed by atoms with van der Waals surface area (Å²) in [5.41, 5.74) is -0.162. The maximum atomic E-state index is 13.8. The number of benzene rings is 1. The van der Waals surface area contributed by atoms with Crippen molar-refractivity contribution in [3.63, 3.8) is 0 Å². The number of hydrogen-bond donors (Lipinski definition) is 1. The first kappa shape index (κ1) is 14.6. The Morgan fingerprint density at radius 3 is 2.70 bits per heavy atom. The van der Waals surface area contributed by atoms with Gasteiger partial charge in [-0.3, -0.25) is 4.79 Å². The van der Waals surface area contributed by atoms with E-state index in [1.165, 1.54) is 19.2 Å². The highest BCUT2D eigenvalue weighted by molar-refractivity contribution is 14.1. The molecular formula is C13H10FIN2O3. The molecule has 5 nitrogen and oxygen atoms in total. The quantitative estimate of drug-likeness (QED) is 0.815. The van der Waals surface area contributed by atoms with Crippen LogP contribution in [0.4, 0.5) is 4.39 Å². The number of aromatic carboxylic acids is 1. The Morgan fingerprint density at radius 2 is 2.10 bits per heavy atom. The first-order valence-corrected chi connectivity index (χ1v) is 6.71. The molecule has 0 aliphatic carbocycles. The highest BCUT2D eigenvalue weighted by Crippen LogP contribution is 2.17. The largest absolute Gasteiger partial charge is 0.476 e. The Kier molecular flexibility index (Phi) is 4.17. The van der Waals surface area contributed by atoms with Crippen LogP contribution in [0.5, 0.6) is 0 Å². The molecule has 0 fully saturated rings. The Labute approximate surface area is 127 Å². The number of carbonyl (C=O) groups is 1. The zero-order chi connectivity index (χ0) is 14.9. The summed E-state index contributed by atoms with van der Waals surface area (Å²) in [6.07, 6.45) is 0.00741. The molecule has 0 saturated carbocycles. The van der Waals surface area contributed by atoms with Gasteiger partial charge in [0.15, 0.2) is 5.69 Å². The molecule has 0 amide bonds. The van der Waals surface area contributed by atoms with Gasteiger partial charge in [-0.2, -0.15) is 5.10 Å². The summed E-state index contributed by atoms with van der Waals surface area (Å²) in [6, 6.07) is 5.81. The molecule has 2 rings (SSSR count). The Hall–Kier alpha value is -1.77. The molecule has 20 heavy (non-hydrogen) atoms. The van der Waals surface area contributed by atoms with E-state index in [9.17, 15) is 14.0 Å². The van der Waals surface area contributed by atoms with E-state index in [1.807, 2.05) is 22.6 Å². The third-order valence-electron chi connectivity index (χ3n) is 2.77. The number of hydrogen-bond acceptors (Lipinski definition) is 3. The van der Waals surface area contributed by atoms with Gasteiger partial charge in [-0.15, -0.1) is 0 Å². The maximum Gasteiger partial charge on any atom is 0.356 e. The van der Waals surface area contributed by atoms with Gasteiger partial charge in [0.05, 0.1) is 0 Å². The van der Waals surface area contributed by atoms with Crippen molar-refractivity contribution in [3.05, 3.63) is 60.8 Å². The van der Waals surface area contributed by atoms with E-state index in [4.69, 9.17) is 5.11 Å². The van der Waals surface area contributed by atoms with Crippen LogP contribution in [0.1, 0.15) is 21.6 Å². The average Bonchev–Trinajstić information content (AvgIpc) is 2.36. The van der Waals surface area contributed by atoms with Crippen molar-refractivity contribution in [1.82, 2.24) is 9.78 Å². The first-order chi connectivity index (χ1) is 9.38. The molecule has 1 N–H and O–H groups in total.